The van der Waals surface area contributed by atoms with Crippen LogP contribution in [0, 0.1) is 0 Å². The van der Waals surface area contributed by atoms with Crippen LogP contribution in [0.1, 0.15) is 27.7 Å². The summed E-state index contributed by atoms with van der Waals surface area (Å²) in [4.78, 5) is 37.4. The zero-order chi connectivity index (χ0) is 55.5. The van der Waals surface area contributed by atoms with E-state index in [-0.39, 0.29) is 0 Å². The fraction of sp³-hybridized carbons (Fsp3) is 0.929. The summed E-state index contributed by atoms with van der Waals surface area (Å²) in [6.07, 6.45) is -49.9. The van der Waals surface area contributed by atoms with Crippen LogP contribution in [-0.4, -0.2) is 317 Å². The maximum absolute atomic E-state index is 13.0. The van der Waals surface area contributed by atoms with Crippen molar-refractivity contribution in [1.82, 2.24) is 16.0 Å². The zero-order valence-electron chi connectivity index (χ0n) is 40.7. The largest absolute Gasteiger partial charge is 0.394 e. The fourth-order valence-electron chi connectivity index (χ4n) is 9.56. The van der Waals surface area contributed by atoms with E-state index in [2.05, 4.69) is 16.0 Å². The molecule has 0 aromatic heterocycles. The van der Waals surface area contributed by atoms with E-state index in [0.717, 1.165) is 20.8 Å². The van der Waals surface area contributed by atoms with E-state index in [4.69, 9.17) is 52.1 Å². The van der Waals surface area contributed by atoms with E-state index in [0.29, 0.717) is 0 Å². The van der Waals surface area contributed by atoms with E-state index in [1.807, 2.05) is 0 Å². The number of carbonyl (C=O) groups excluding carboxylic acids is 3. The van der Waals surface area contributed by atoms with Gasteiger partial charge in [-0.2, -0.15) is 0 Å². The van der Waals surface area contributed by atoms with Gasteiger partial charge in [0.25, 0.3) is 0 Å². The molecular weight excluding hydrogens is 1030 g/mol. The lowest BCUT2D eigenvalue weighted by atomic mass is 9.93. The molecule has 75 heavy (non-hydrogen) atoms. The van der Waals surface area contributed by atoms with Crippen molar-refractivity contribution in [3.05, 3.63) is 0 Å². The minimum absolute atomic E-state index is 0.757. The van der Waals surface area contributed by atoms with Crippen LogP contribution in [0.5, 0.6) is 0 Å². The maximum Gasteiger partial charge on any atom is 0.217 e. The van der Waals surface area contributed by atoms with Gasteiger partial charge >= 0.3 is 0 Å². The molecule has 33 nitrogen and oxygen atoms in total. The van der Waals surface area contributed by atoms with E-state index in [9.17, 15) is 96.1 Å². The van der Waals surface area contributed by atoms with Crippen molar-refractivity contribution in [3.8, 4) is 0 Å². The smallest absolute Gasteiger partial charge is 0.217 e. The first-order chi connectivity index (χ1) is 35.4. The van der Waals surface area contributed by atoms with Gasteiger partial charge in [-0.05, 0) is 6.92 Å². The Kier molecular flexibility index (Phi) is 21.8. The number of rotatable bonds is 18. The number of carbonyl (C=O) groups is 3. The summed E-state index contributed by atoms with van der Waals surface area (Å²) in [6, 6.07) is -4.98. The monoisotopic (exact) mass is 1100 g/mol. The molecular formula is C42H71N3O30. The van der Waals surface area contributed by atoms with E-state index in [1.165, 1.54) is 6.92 Å². The predicted molar refractivity (Wildman–Crippen MR) is 233 cm³/mol. The maximum atomic E-state index is 13.0. The first-order valence-electron chi connectivity index (χ1n) is 23.9. The van der Waals surface area contributed by atoms with Crippen molar-refractivity contribution in [2.75, 3.05) is 33.0 Å². The summed E-state index contributed by atoms with van der Waals surface area (Å²) >= 11 is 0. The van der Waals surface area contributed by atoms with Crippen LogP contribution >= 0.6 is 0 Å². The van der Waals surface area contributed by atoms with Gasteiger partial charge in [0.1, 0.15) is 140 Å². The average molecular weight is 1100 g/mol. The van der Waals surface area contributed by atoms with Crippen molar-refractivity contribution in [2.24, 2.45) is 0 Å². The van der Waals surface area contributed by atoms with Crippen LogP contribution in [-0.2, 0) is 66.5 Å². The van der Waals surface area contributed by atoms with Crippen molar-refractivity contribution in [1.29, 1.82) is 0 Å². The van der Waals surface area contributed by atoms with Crippen LogP contribution in [0.15, 0.2) is 0 Å². The number of hydrogen-bond acceptors (Lipinski definition) is 30. The molecule has 0 radical (unpaired) electrons. The molecule has 0 aliphatic carbocycles. The zero-order valence-corrected chi connectivity index (χ0v) is 40.7. The van der Waals surface area contributed by atoms with Gasteiger partial charge < -0.3 is 150 Å². The third-order valence-corrected chi connectivity index (χ3v) is 13.6. The minimum atomic E-state index is -2.20. The Labute approximate surface area is 426 Å². The first-order valence-corrected chi connectivity index (χ1v) is 23.9. The van der Waals surface area contributed by atoms with Gasteiger partial charge in [-0.15, -0.1) is 0 Å². The summed E-state index contributed by atoms with van der Waals surface area (Å²) in [6.45, 7) is -0.282. The highest BCUT2D eigenvalue weighted by molar-refractivity contribution is 5.74. The molecule has 6 fully saturated rings. The lowest BCUT2D eigenvalue weighted by Crippen LogP contribution is -2.71. The first kappa shape index (κ1) is 61.5. The van der Waals surface area contributed by atoms with Crippen molar-refractivity contribution >= 4 is 17.7 Å². The standard InChI is InChI=1S/C42H71N3O30/c1-10-22(53)28(59)30(61)40(66-10)74-35-21(45-13(4)52)38(65-9-18-26(57)34(20(37(64)67-18)44-12(3)51)73-41-31(62)29(60)24(55)15(6-47)69-41)71-17(8-49)33(35)72-42-32(63)36(25(56)16(7-48)70-42)75-39-19(43-11(2)50)27(58)23(54)14(5-46)68-39/h10,14-42,46-49,53-64H,5-9H2,1-4H3,(H,43,50)(H,44,51)(H,45,52)/t10-,14+,15+,16+,17+,18+,19+,20+,21+,22+,23+,24-,25-,26-,27+,28+,29-,30-,31+,32+,33+,34+,35+,36-,37-,38+,39-,40-,41-,42-/m0/s1. The summed E-state index contributed by atoms with van der Waals surface area (Å²) in [5, 5.41) is 179. The third kappa shape index (κ3) is 13.7. The second-order valence-electron chi connectivity index (χ2n) is 19.0. The summed E-state index contributed by atoms with van der Waals surface area (Å²) in [5.41, 5.74) is 0. The normalized spacial score (nSPS) is 48.6. The van der Waals surface area contributed by atoms with E-state index in [1.54, 1.807) is 0 Å². The molecule has 0 bridgehead atoms. The Morgan fingerprint density at radius 2 is 0.787 bits per heavy atom. The lowest BCUT2D eigenvalue weighted by molar-refractivity contribution is -0.385. The summed E-state index contributed by atoms with van der Waals surface area (Å²) < 4.78 is 64.3. The molecule has 0 aromatic rings. The Morgan fingerprint density at radius 1 is 0.373 bits per heavy atom. The molecule has 6 aliphatic rings. The van der Waals surface area contributed by atoms with Gasteiger partial charge in [0.05, 0.1) is 39.1 Å². The second kappa shape index (κ2) is 26.5. The van der Waals surface area contributed by atoms with Gasteiger partial charge in [0.15, 0.2) is 37.7 Å². The average Bonchev–Trinajstić information content (AvgIpc) is 3.36. The molecule has 0 unspecified atom stereocenters. The van der Waals surface area contributed by atoms with Crippen molar-refractivity contribution in [2.45, 2.75) is 212 Å². The van der Waals surface area contributed by atoms with Crippen molar-refractivity contribution < 1.29 is 148 Å². The summed E-state index contributed by atoms with van der Waals surface area (Å²) in [7, 11) is 0. The molecule has 33 heteroatoms. The topological polar surface area (TPSA) is 513 Å². The molecule has 6 saturated heterocycles. The highest BCUT2D eigenvalue weighted by Crippen LogP contribution is 2.37. The van der Waals surface area contributed by atoms with Crippen LogP contribution in [0.4, 0.5) is 0 Å². The lowest BCUT2D eigenvalue weighted by Gasteiger charge is -2.51. The molecule has 0 aromatic carbocycles. The number of ether oxygens (including phenoxy) is 11. The van der Waals surface area contributed by atoms with Crippen LogP contribution in [0.3, 0.4) is 0 Å². The Morgan fingerprint density at radius 3 is 1.35 bits per heavy atom. The predicted octanol–water partition coefficient (Wildman–Crippen LogP) is -12.6. The highest BCUT2D eigenvalue weighted by atomic mass is 16.8. The number of amides is 3. The molecule has 6 rings (SSSR count). The molecule has 30 atom stereocenters. The van der Waals surface area contributed by atoms with Gasteiger partial charge in [-0.25, -0.2) is 0 Å². The molecule has 434 valence electrons. The molecule has 19 N–H and O–H groups in total. The van der Waals surface area contributed by atoms with Crippen LogP contribution in [0.25, 0.3) is 0 Å². The van der Waals surface area contributed by atoms with E-state index < -0.39 is 235 Å². The molecule has 3 amide bonds. The quantitative estimate of drug-likeness (QED) is 0.0606. The Hall–Kier alpha value is -2.67. The molecule has 0 spiro atoms. The van der Waals surface area contributed by atoms with Gasteiger partial charge in [0.2, 0.25) is 17.7 Å². The second-order valence-corrected chi connectivity index (χ2v) is 19.0. The van der Waals surface area contributed by atoms with Crippen molar-refractivity contribution in [3.63, 3.8) is 0 Å². The van der Waals surface area contributed by atoms with Crippen LogP contribution in [0.2, 0.25) is 0 Å². The third-order valence-electron chi connectivity index (χ3n) is 13.6. The van der Waals surface area contributed by atoms with Gasteiger partial charge in [0, 0.05) is 20.8 Å². The number of aliphatic hydroxyl groups is 16. The Balaban J connectivity index is 1.31. The molecule has 6 heterocycles. The minimum Gasteiger partial charge on any atom is -0.394 e. The van der Waals surface area contributed by atoms with Gasteiger partial charge in [-0.3, -0.25) is 14.4 Å². The van der Waals surface area contributed by atoms with E-state index >= 15 is 0 Å². The van der Waals surface area contributed by atoms with Crippen LogP contribution < -0.4 is 16.0 Å². The SMILES string of the molecule is CC(=O)N[C@@H]1[C@@H](O[C@@H]2O[C@H](CO)[C@H](O)[C@H](O)[C@H]2O)[C@@H](O)[C@@H](CO[C@@H]2O[C@H](CO)[C@@H](O[C@@H]3O[C@H](CO)[C@H](O)[C@H](O[C@@H]4O[C@H](CO)[C@@H](O)[C@H](O)[C@H]4NC(C)=O)[C@H]3O)[C@H](O[C@@H]3O[C@@H](C)[C@@H](O)[C@@H](O)[C@@H]3O)[C@H]2NC(C)=O)O[C@@H]1O. The number of nitrogens with one attached hydrogen (secondary N) is 3. The molecule has 6 aliphatic heterocycles. The van der Waals surface area contributed by atoms with Gasteiger partial charge in [-0.1, -0.05) is 0 Å². The molecule has 0 saturated carbocycles. The number of aliphatic hydroxyl groups excluding tert-OH is 16. The summed E-state index contributed by atoms with van der Waals surface area (Å²) in [5.74, 6) is -2.38. The number of hydrogen-bond donors (Lipinski definition) is 19. The fourth-order valence-corrected chi connectivity index (χ4v) is 9.56. The highest BCUT2D eigenvalue weighted by Gasteiger charge is 2.58. The Bertz CT molecular complexity index is 1850.